The van der Waals surface area contributed by atoms with Crippen LogP contribution < -0.4 is 9.64 Å². The molecule has 0 spiro atoms. The monoisotopic (exact) mass is 284 g/mol. The van der Waals surface area contributed by atoms with Crippen molar-refractivity contribution in [1.82, 2.24) is 4.90 Å². The summed E-state index contributed by atoms with van der Waals surface area (Å²) in [6.45, 7) is 6.63. The SMILES string of the molecule is COc1c(C(C)C)cc(F)c(N2CCN(C)CC2)c1F. The highest BCUT2D eigenvalue weighted by Crippen LogP contribution is 2.37. The zero-order valence-corrected chi connectivity index (χ0v) is 12.5. The van der Waals surface area contributed by atoms with Crippen LogP contribution in [0.3, 0.4) is 0 Å². The lowest BCUT2D eigenvalue weighted by Gasteiger charge is -2.34. The van der Waals surface area contributed by atoms with Crippen molar-refractivity contribution in [2.24, 2.45) is 0 Å². The molecule has 0 N–H and O–H groups in total. The lowest BCUT2D eigenvalue weighted by molar-refractivity contribution is 0.309. The second-order valence-electron chi connectivity index (χ2n) is 5.59. The van der Waals surface area contributed by atoms with Gasteiger partial charge >= 0.3 is 0 Å². The van der Waals surface area contributed by atoms with Crippen LogP contribution in [0.25, 0.3) is 0 Å². The summed E-state index contributed by atoms with van der Waals surface area (Å²) in [7, 11) is 3.43. The number of hydrogen-bond donors (Lipinski definition) is 0. The third-order valence-corrected chi connectivity index (χ3v) is 3.82. The van der Waals surface area contributed by atoms with Crippen LogP contribution in [0.4, 0.5) is 14.5 Å². The molecular formula is C15H22F2N2O. The van der Waals surface area contributed by atoms with E-state index >= 15 is 0 Å². The van der Waals surface area contributed by atoms with Crippen molar-refractivity contribution in [3.63, 3.8) is 0 Å². The molecule has 1 aromatic carbocycles. The number of piperazine rings is 1. The Bertz CT molecular complexity index is 483. The number of benzene rings is 1. The summed E-state index contributed by atoms with van der Waals surface area (Å²) in [6, 6.07) is 1.40. The summed E-state index contributed by atoms with van der Waals surface area (Å²) in [4.78, 5) is 3.91. The fraction of sp³-hybridized carbons (Fsp3) is 0.600. The number of halogens is 2. The van der Waals surface area contributed by atoms with Gasteiger partial charge in [0.05, 0.1) is 7.11 Å². The average molecular weight is 284 g/mol. The molecule has 1 aliphatic rings. The minimum Gasteiger partial charge on any atom is -0.493 e. The van der Waals surface area contributed by atoms with E-state index in [0.29, 0.717) is 18.7 Å². The van der Waals surface area contributed by atoms with E-state index in [2.05, 4.69) is 4.90 Å². The van der Waals surface area contributed by atoms with Crippen molar-refractivity contribution in [2.45, 2.75) is 19.8 Å². The van der Waals surface area contributed by atoms with Crippen LogP contribution in [-0.2, 0) is 0 Å². The predicted octanol–water partition coefficient (Wildman–Crippen LogP) is 2.85. The number of hydrogen-bond acceptors (Lipinski definition) is 3. The molecule has 0 bridgehead atoms. The summed E-state index contributed by atoms with van der Waals surface area (Å²) in [6.07, 6.45) is 0. The van der Waals surface area contributed by atoms with Crippen LogP contribution >= 0.6 is 0 Å². The molecule has 20 heavy (non-hydrogen) atoms. The molecule has 5 heteroatoms. The molecule has 0 unspecified atom stereocenters. The maximum absolute atomic E-state index is 14.6. The first-order chi connectivity index (χ1) is 9.45. The van der Waals surface area contributed by atoms with E-state index in [-0.39, 0.29) is 17.4 Å². The normalized spacial score (nSPS) is 16.9. The number of ether oxygens (including phenoxy) is 1. The summed E-state index contributed by atoms with van der Waals surface area (Å²) in [5.41, 5.74) is 0.611. The Hall–Kier alpha value is -1.36. The maximum atomic E-state index is 14.6. The van der Waals surface area contributed by atoms with Crippen LogP contribution in [0.15, 0.2) is 6.07 Å². The fourth-order valence-electron chi connectivity index (χ4n) is 2.57. The quantitative estimate of drug-likeness (QED) is 0.849. The van der Waals surface area contributed by atoms with Crippen LogP contribution in [0.1, 0.15) is 25.3 Å². The first-order valence-electron chi connectivity index (χ1n) is 6.95. The molecule has 1 fully saturated rings. The van der Waals surface area contributed by atoms with E-state index < -0.39 is 11.6 Å². The van der Waals surface area contributed by atoms with Gasteiger partial charge in [-0.2, -0.15) is 0 Å². The highest BCUT2D eigenvalue weighted by molar-refractivity contribution is 5.57. The molecular weight excluding hydrogens is 262 g/mol. The van der Waals surface area contributed by atoms with Gasteiger partial charge in [-0.05, 0) is 19.0 Å². The molecule has 3 nitrogen and oxygen atoms in total. The number of anilines is 1. The van der Waals surface area contributed by atoms with Crippen molar-refractivity contribution in [2.75, 3.05) is 45.2 Å². The number of likely N-dealkylation sites (N-methyl/N-ethyl adjacent to an activating group) is 1. The predicted molar refractivity (Wildman–Crippen MR) is 76.7 cm³/mol. The van der Waals surface area contributed by atoms with Crippen molar-refractivity contribution in [3.05, 3.63) is 23.3 Å². The molecule has 1 aliphatic heterocycles. The molecule has 1 aromatic rings. The second-order valence-corrected chi connectivity index (χ2v) is 5.59. The Morgan fingerprint density at radius 1 is 1.15 bits per heavy atom. The number of rotatable bonds is 3. The lowest BCUT2D eigenvalue weighted by Crippen LogP contribution is -2.45. The molecule has 0 aliphatic carbocycles. The van der Waals surface area contributed by atoms with Gasteiger partial charge in [0, 0.05) is 31.7 Å². The van der Waals surface area contributed by atoms with Gasteiger partial charge in [-0.3, -0.25) is 0 Å². The summed E-state index contributed by atoms with van der Waals surface area (Å²) in [5, 5.41) is 0. The van der Waals surface area contributed by atoms with Gasteiger partial charge in [0.15, 0.2) is 11.6 Å². The van der Waals surface area contributed by atoms with Crippen molar-refractivity contribution >= 4 is 5.69 Å². The molecule has 0 radical (unpaired) electrons. The van der Waals surface area contributed by atoms with Crippen molar-refractivity contribution < 1.29 is 13.5 Å². The van der Waals surface area contributed by atoms with Gasteiger partial charge in [0.25, 0.3) is 0 Å². The highest BCUT2D eigenvalue weighted by atomic mass is 19.1. The van der Waals surface area contributed by atoms with Gasteiger partial charge in [-0.15, -0.1) is 0 Å². The molecule has 1 saturated heterocycles. The Balaban J connectivity index is 2.43. The zero-order chi connectivity index (χ0) is 14.9. The van der Waals surface area contributed by atoms with Crippen LogP contribution in [0.2, 0.25) is 0 Å². The summed E-state index contributed by atoms with van der Waals surface area (Å²) in [5.74, 6) is -0.914. The van der Waals surface area contributed by atoms with Gasteiger partial charge in [-0.25, -0.2) is 8.78 Å². The van der Waals surface area contributed by atoms with Crippen molar-refractivity contribution in [1.29, 1.82) is 0 Å². The van der Waals surface area contributed by atoms with Gasteiger partial charge in [-0.1, -0.05) is 13.8 Å². The molecule has 2 rings (SSSR count). The standard InChI is InChI=1S/C15H22F2N2O/c1-10(2)11-9-12(16)14(13(17)15(11)20-4)19-7-5-18(3)6-8-19/h9-10H,5-8H2,1-4H3. The maximum Gasteiger partial charge on any atom is 0.191 e. The van der Waals surface area contributed by atoms with Gasteiger partial charge in [0.1, 0.15) is 11.5 Å². The second kappa shape index (κ2) is 5.95. The third-order valence-electron chi connectivity index (χ3n) is 3.82. The van der Waals surface area contributed by atoms with Gasteiger partial charge in [0.2, 0.25) is 0 Å². The Labute approximate surface area is 119 Å². The van der Waals surface area contributed by atoms with Crippen LogP contribution in [-0.4, -0.2) is 45.2 Å². The minimum absolute atomic E-state index is 0.00971. The summed E-state index contributed by atoms with van der Waals surface area (Å²) < 4.78 is 34.1. The van der Waals surface area contributed by atoms with E-state index in [4.69, 9.17) is 4.74 Å². The van der Waals surface area contributed by atoms with E-state index in [9.17, 15) is 8.78 Å². The summed E-state index contributed by atoms with van der Waals surface area (Å²) >= 11 is 0. The molecule has 0 atom stereocenters. The van der Waals surface area contributed by atoms with E-state index in [1.807, 2.05) is 20.9 Å². The topological polar surface area (TPSA) is 15.7 Å². The number of methoxy groups -OCH3 is 1. The Kier molecular flexibility index (Phi) is 4.48. The van der Waals surface area contributed by atoms with E-state index in [0.717, 1.165) is 13.1 Å². The first kappa shape index (κ1) is 15.0. The highest BCUT2D eigenvalue weighted by Gasteiger charge is 2.26. The fourth-order valence-corrected chi connectivity index (χ4v) is 2.57. The minimum atomic E-state index is -0.583. The van der Waals surface area contributed by atoms with Crippen LogP contribution in [0.5, 0.6) is 5.75 Å². The Morgan fingerprint density at radius 3 is 2.25 bits per heavy atom. The molecule has 0 saturated carbocycles. The molecule has 0 amide bonds. The van der Waals surface area contributed by atoms with Gasteiger partial charge < -0.3 is 14.5 Å². The largest absolute Gasteiger partial charge is 0.493 e. The zero-order valence-electron chi connectivity index (χ0n) is 12.5. The third kappa shape index (κ3) is 2.73. The number of nitrogens with zero attached hydrogens (tertiary/aromatic N) is 2. The average Bonchev–Trinajstić information content (AvgIpc) is 2.40. The smallest absolute Gasteiger partial charge is 0.191 e. The molecule has 0 aromatic heterocycles. The van der Waals surface area contributed by atoms with E-state index in [1.54, 1.807) is 4.90 Å². The van der Waals surface area contributed by atoms with Crippen LogP contribution in [0, 0.1) is 11.6 Å². The first-order valence-corrected chi connectivity index (χ1v) is 6.95. The molecule has 112 valence electrons. The van der Waals surface area contributed by atoms with E-state index in [1.165, 1.54) is 13.2 Å². The Morgan fingerprint density at radius 2 is 1.75 bits per heavy atom. The lowest BCUT2D eigenvalue weighted by atomic mass is 10.0. The van der Waals surface area contributed by atoms with Crippen molar-refractivity contribution in [3.8, 4) is 5.75 Å². The molecule has 1 heterocycles.